The monoisotopic (exact) mass is 652 g/mol. The summed E-state index contributed by atoms with van der Waals surface area (Å²) >= 11 is 0. The van der Waals surface area contributed by atoms with Crippen molar-refractivity contribution in [2.45, 2.75) is 44.5 Å². The number of benzene rings is 4. The molecule has 48 heavy (non-hydrogen) atoms. The molecule has 0 N–H and O–H groups in total. The first-order chi connectivity index (χ1) is 23.3. The van der Waals surface area contributed by atoms with E-state index in [1.54, 1.807) is 48.5 Å². The molecule has 0 saturated carbocycles. The normalized spacial score (nSPS) is 17.6. The molecule has 2 aliphatic heterocycles. The zero-order chi connectivity index (χ0) is 33.3. The molecule has 0 aliphatic carbocycles. The first-order valence-electron chi connectivity index (χ1n) is 15.8. The number of hydrogen-bond donors (Lipinski definition) is 0. The standard InChI is InChI=1S/C38H36O10/c1-38(25-46-38)19-21-43-30-15-9-27(10-16-30)35(39)47-31-17-18-34(33(22-31)37(41)45-23-26-6-3-2-4-7-26)48-36(40)28-11-13-29(14-12-28)42-20-5-8-32-24-44-32/h2-4,6-7,9-18,22,32H,5,8,19-21,23-25H2,1H3. The van der Waals surface area contributed by atoms with Gasteiger partial charge < -0.3 is 33.2 Å². The molecule has 2 atom stereocenters. The molecule has 2 fully saturated rings. The van der Waals surface area contributed by atoms with Gasteiger partial charge in [-0.05, 0) is 92.1 Å². The molecular formula is C38H36O10. The van der Waals surface area contributed by atoms with E-state index in [-0.39, 0.29) is 40.4 Å². The van der Waals surface area contributed by atoms with E-state index in [2.05, 4.69) is 0 Å². The number of epoxide rings is 2. The maximum atomic E-state index is 13.3. The zero-order valence-corrected chi connectivity index (χ0v) is 26.6. The van der Waals surface area contributed by atoms with Crippen molar-refractivity contribution < 1.29 is 47.5 Å². The molecule has 248 valence electrons. The molecule has 0 bridgehead atoms. The summed E-state index contributed by atoms with van der Waals surface area (Å²) in [5.41, 5.74) is 1.14. The fourth-order valence-electron chi connectivity index (χ4n) is 4.71. The predicted octanol–water partition coefficient (Wildman–Crippen LogP) is 6.60. The minimum absolute atomic E-state index is 0.00704. The lowest BCUT2D eigenvalue weighted by Gasteiger charge is -2.13. The fourth-order valence-corrected chi connectivity index (χ4v) is 4.71. The van der Waals surface area contributed by atoms with Gasteiger partial charge in [0.1, 0.15) is 35.2 Å². The van der Waals surface area contributed by atoms with Gasteiger partial charge in [0.05, 0.1) is 49.3 Å². The summed E-state index contributed by atoms with van der Waals surface area (Å²) in [7, 11) is 0. The van der Waals surface area contributed by atoms with Gasteiger partial charge in [0.25, 0.3) is 0 Å². The number of carbonyl (C=O) groups excluding carboxylic acids is 3. The maximum absolute atomic E-state index is 13.3. The summed E-state index contributed by atoms with van der Waals surface area (Å²) in [5.74, 6) is -0.822. The summed E-state index contributed by atoms with van der Waals surface area (Å²) in [5, 5.41) is 0. The first kappa shape index (κ1) is 32.7. The van der Waals surface area contributed by atoms with Gasteiger partial charge >= 0.3 is 17.9 Å². The Bertz CT molecular complexity index is 1710. The average molecular weight is 653 g/mol. The molecule has 4 aromatic rings. The second kappa shape index (κ2) is 15.1. The number of rotatable bonds is 16. The van der Waals surface area contributed by atoms with Crippen molar-refractivity contribution in [2.24, 2.45) is 0 Å². The van der Waals surface area contributed by atoms with Crippen molar-refractivity contribution in [1.29, 1.82) is 0 Å². The van der Waals surface area contributed by atoms with Crippen LogP contribution in [-0.2, 0) is 20.8 Å². The van der Waals surface area contributed by atoms with E-state index in [1.165, 1.54) is 18.2 Å². The average Bonchev–Trinajstić information content (AvgIpc) is 4.06. The van der Waals surface area contributed by atoms with Crippen LogP contribution in [0.1, 0.15) is 62.8 Å². The zero-order valence-electron chi connectivity index (χ0n) is 26.6. The molecule has 0 radical (unpaired) electrons. The fraction of sp³-hybridized carbons (Fsp3) is 0.289. The molecule has 0 spiro atoms. The molecule has 2 saturated heterocycles. The molecule has 2 heterocycles. The summed E-state index contributed by atoms with van der Waals surface area (Å²) in [6, 6.07) is 26.4. The van der Waals surface area contributed by atoms with E-state index < -0.39 is 17.9 Å². The quantitative estimate of drug-likeness (QED) is 0.0566. The Morgan fingerprint density at radius 2 is 1.35 bits per heavy atom. The van der Waals surface area contributed by atoms with Gasteiger partial charge in [0.15, 0.2) is 0 Å². The molecular weight excluding hydrogens is 616 g/mol. The largest absolute Gasteiger partial charge is 0.494 e. The van der Waals surface area contributed by atoms with E-state index in [0.717, 1.165) is 38.0 Å². The highest BCUT2D eigenvalue weighted by Crippen LogP contribution is 2.30. The smallest absolute Gasteiger partial charge is 0.343 e. The van der Waals surface area contributed by atoms with Crippen LogP contribution in [0.2, 0.25) is 0 Å². The van der Waals surface area contributed by atoms with Crippen LogP contribution >= 0.6 is 0 Å². The van der Waals surface area contributed by atoms with Crippen molar-refractivity contribution >= 4 is 17.9 Å². The number of esters is 3. The number of carbonyl (C=O) groups is 3. The first-order valence-corrected chi connectivity index (χ1v) is 15.8. The Hall–Kier alpha value is -5.19. The van der Waals surface area contributed by atoms with Gasteiger partial charge in [-0.2, -0.15) is 0 Å². The molecule has 10 heteroatoms. The SMILES string of the molecule is CC1(CCOc2ccc(C(=O)Oc3ccc(OC(=O)c4ccc(OCCCC5CO5)cc4)c(C(=O)OCc4ccccc4)c3)cc2)CO1. The highest BCUT2D eigenvalue weighted by atomic mass is 16.6. The Kier molecular flexibility index (Phi) is 10.3. The summed E-state index contributed by atoms with van der Waals surface area (Å²) in [4.78, 5) is 39.3. The van der Waals surface area contributed by atoms with Gasteiger partial charge in [-0.3, -0.25) is 0 Å². The van der Waals surface area contributed by atoms with Crippen molar-refractivity contribution in [2.75, 3.05) is 26.4 Å². The second-order valence-corrected chi connectivity index (χ2v) is 11.8. The minimum atomic E-state index is -0.758. The Labute approximate surface area is 278 Å². The Morgan fingerprint density at radius 3 is 1.98 bits per heavy atom. The molecule has 10 nitrogen and oxygen atoms in total. The number of hydrogen-bond acceptors (Lipinski definition) is 10. The Morgan fingerprint density at radius 1 is 0.750 bits per heavy atom. The van der Waals surface area contributed by atoms with Crippen LogP contribution in [0.4, 0.5) is 0 Å². The molecule has 6 rings (SSSR count). The van der Waals surface area contributed by atoms with Crippen LogP contribution < -0.4 is 18.9 Å². The van der Waals surface area contributed by atoms with Crippen LogP contribution in [0.15, 0.2) is 97.1 Å². The third kappa shape index (κ3) is 9.43. The molecule has 2 aliphatic rings. The van der Waals surface area contributed by atoms with Crippen molar-refractivity contribution in [3.05, 3.63) is 119 Å². The third-order valence-electron chi connectivity index (χ3n) is 7.86. The van der Waals surface area contributed by atoms with Crippen molar-refractivity contribution in [3.63, 3.8) is 0 Å². The van der Waals surface area contributed by atoms with Gasteiger partial charge in [-0.15, -0.1) is 0 Å². The van der Waals surface area contributed by atoms with Crippen LogP contribution in [-0.4, -0.2) is 56.0 Å². The topological polar surface area (TPSA) is 122 Å². The molecule has 2 unspecified atom stereocenters. The Balaban J connectivity index is 1.11. The van der Waals surface area contributed by atoms with Gasteiger partial charge in [0.2, 0.25) is 0 Å². The maximum Gasteiger partial charge on any atom is 0.343 e. The molecule has 0 amide bonds. The van der Waals surface area contributed by atoms with E-state index in [9.17, 15) is 14.4 Å². The second-order valence-electron chi connectivity index (χ2n) is 11.8. The van der Waals surface area contributed by atoms with Crippen LogP contribution in [0.25, 0.3) is 0 Å². The lowest BCUT2D eigenvalue weighted by molar-refractivity contribution is 0.0465. The van der Waals surface area contributed by atoms with E-state index in [4.69, 9.17) is 33.2 Å². The highest BCUT2D eigenvalue weighted by Gasteiger charge is 2.38. The number of ether oxygens (including phenoxy) is 7. The lowest BCUT2D eigenvalue weighted by atomic mass is 10.1. The van der Waals surface area contributed by atoms with Crippen molar-refractivity contribution in [1.82, 2.24) is 0 Å². The van der Waals surface area contributed by atoms with Crippen molar-refractivity contribution in [3.8, 4) is 23.0 Å². The third-order valence-corrected chi connectivity index (χ3v) is 7.86. The lowest BCUT2D eigenvalue weighted by Crippen LogP contribution is -2.14. The predicted molar refractivity (Wildman–Crippen MR) is 174 cm³/mol. The molecule has 4 aromatic carbocycles. The van der Waals surface area contributed by atoms with Gasteiger partial charge in [-0.25, -0.2) is 14.4 Å². The minimum Gasteiger partial charge on any atom is -0.494 e. The van der Waals surface area contributed by atoms with E-state index in [0.29, 0.717) is 30.8 Å². The van der Waals surface area contributed by atoms with Gasteiger partial charge in [0, 0.05) is 6.42 Å². The van der Waals surface area contributed by atoms with E-state index >= 15 is 0 Å². The summed E-state index contributed by atoms with van der Waals surface area (Å²) < 4.78 is 38.8. The van der Waals surface area contributed by atoms with Gasteiger partial charge in [-0.1, -0.05) is 30.3 Å². The molecule has 0 aromatic heterocycles. The van der Waals surface area contributed by atoms with Crippen LogP contribution in [0.3, 0.4) is 0 Å². The summed E-state index contributed by atoms with van der Waals surface area (Å²) in [6.45, 7) is 4.62. The van der Waals surface area contributed by atoms with E-state index in [1.807, 2.05) is 37.3 Å². The van der Waals surface area contributed by atoms with Crippen LogP contribution in [0.5, 0.6) is 23.0 Å². The highest BCUT2D eigenvalue weighted by molar-refractivity contribution is 5.97. The van der Waals surface area contributed by atoms with Crippen LogP contribution in [0, 0.1) is 0 Å². The summed E-state index contributed by atoms with van der Waals surface area (Å²) in [6.07, 6.45) is 2.96.